The van der Waals surface area contributed by atoms with Gasteiger partial charge in [-0.25, -0.2) is 0 Å². The van der Waals surface area contributed by atoms with Crippen LogP contribution in [0.15, 0.2) is 0 Å². The number of hydrogen-bond acceptors (Lipinski definition) is 3. The minimum Gasteiger partial charge on any atom is -0.396 e. The van der Waals surface area contributed by atoms with Crippen LogP contribution in [0.1, 0.15) is 0 Å². The first-order valence-electron chi connectivity index (χ1n) is 4.14. The summed E-state index contributed by atoms with van der Waals surface area (Å²) in [5.74, 6) is -2.30. The molecule has 2 atom stereocenters. The third-order valence-electron chi connectivity index (χ3n) is 2.15. The number of alkyl halides is 3. The van der Waals surface area contributed by atoms with Gasteiger partial charge in [0, 0.05) is 31.7 Å². The minimum absolute atomic E-state index is 0.240. The molecule has 0 aromatic rings. The van der Waals surface area contributed by atoms with E-state index in [4.69, 9.17) is 5.11 Å². The normalized spacial score (nSPS) is 27.7. The molecule has 1 heterocycles. The molecule has 0 aliphatic carbocycles. The molecule has 1 fully saturated rings. The van der Waals surface area contributed by atoms with E-state index in [1.165, 1.54) is 0 Å². The SMILES string of the molecule is O=C(N[C@H]1CNCC1CO)C(F)(F)F. The number of hydrogen-bond donors (Lipinski definition) is 3. The van der Waals surface area contributed by atoms with Crippen LogP contribution < -0.4 is 10.6 Å². The molecule has 1 rings (SSSR count). The maximum atomic E-state index is 11.8. The Balaban J connectivity index is 2.48. The fourth-order valence-electron chi connectivity index (χ4n) is 1.34. The first kappa shape index (κ1) is 11.3. The quantitative estimate of drug-likeness (QED) is 0.564. The van der Waals surface area contributed by atoms with Crippen molar-refractivity contribution in [3.05, 3.63) is 0 Å². The van der Waals surface area contributed by atoms with Gasteiger partial charge in [0.15, 0.2) is 0 Å². The van der Waals surface area contributed by atoms with Gasteiger partial charge in [-0.3, -0.25) is 4.79 Å². The van der Waals surface area contributed by atoms with Gasteiger partial charge in [-0.05, 0) is 0 Å². The van der Waals surface area contributed by atoms with Gasteiger partial charge in [-0.15, -0.1) is 0 Å². The van der Waals surface area contributed by atoms with Crippen LogP contribution in [-0.2, 0) is 4.79 Å². The number of amides is 1. The van der Waals surface area contributed by atoms with Crippen molar-refractivity contribution in [2.45, 2.75) is 12.2 Å². The Bertz CT molecular complexity index is 219. The summed E-state index contributed by atoms with van der Waals surface area (Å²) in [5, 5.41) is 13.4. The van der Waals surface area contributed by atoms with E-state index in [9.17, 15) is 18.0 Å². The van der Waals surface area contributed by atoms with E-state index >= 15 is 0 Å². The topological polar surface area (TPSA) is 61.4 Å². The standard InChI is InChI=1S/C7H11F3N2O2/c8-7(9,10)6(14)12-5-2-11-1-4(5)3-13/h4-5,11,13H,1-3H2,(H,12,14)/t4?,5-/m0/s1. The van der Waals surface area contributed by atoms with E-state index in [1.54, 1.807) is 0 Å². The minimum atomic E-state index is -4.86. The molecule has 1 amide bonds. The van der Waals surface area contributed by atoms with Gasteiger partial charge >= 0.3 is 12.1 Å². The van der Waals surface area contributed by atoms with E-state index < -0.39 is 18.1 Å². The van der Waals surface area contributed by atoms with Crippen molar-refractivity contribution in [3.8, 4) is 0 Å². The Labute approximate surface area is 78.5 Å². The molecule has 1 aliphatic heterocycles. The lowest BCUT2D eigenvalue weighted by Gasteiger charge is -2.18. The summed E-state index contributed by atoms with van der Waals surface area (Å²) in [6, 6.07) is -0.644. The van der Waals surface area contributed by atoms with Gasteiger partial charge < -0.3 is 15.7 Å². The summed E-state index contributed by atoms with van der Waals surface area (Å²) in [6.45, 7) is 0.433. The Kier molecular flexibility index (Phi) is 3.33. The summed E-state index contributed by atoms with van der Waals surface area (Å²) in [4.78, 5) is 10.5. The van der Waals surface area contributed by atoms with Crippen LogP contribution in [0.4, 0.5) is 13.2 Å². The maximum absolute atomic E-state index is 11.8. The van der Waals surface area contributed by atoms with Gasteiger partial charge in [0.25, 0.3) is 0 Å². The molecule has 1 aliphatic rings. The van der Waals surface area contributed by atoms with Crippen LogP contribution in [-0.4, -0.2) is 42.9 Å². The molecule has 14 heavy (non-hydrogen) atoms. The highest BCUT2D eigenvalue weighted by Crippen LogP contribution is 2.16. The molecule has 0 aromatic heterocycles. The van der Waals surface area contributed by atoms with Crippen molar-refractivity contribution in [1.82, 2.24) is 10.6 Å². The third-order valence-corrected chi connectivity index (χ3v) is 2.15. The Morgan fingerprint density at radius 2 is 2.14 bits per heavy atom. The molecule has 1 unspecified atom stereocenters. The second-order valence-electron chi connectivity index (χ2n) is 3.18. The summed E-state index contributed by atoms with van der Waals surface area (Å²) >= 11 is 0. The molecular formula is C7H11F3N2O2. The highest BCUT2D eigenvalue weighted by Gasteiger charge is 2.41. The zero-order valence-electron chi connectivity index (χ0n) is 7.27. The number of halogens is 3. The largest absolute Gasteiger partial charge is 0.471 e. The van der Waals surface area contributed by atoms with Crippen LogP contribution in [0.2, 0.25) is 0 Å². The smallest absolute Gasteiger partial charge is 0.396 e. The van der Waals surface area contributed by atoms with Crippen molar-refractivity contribution in [3.63, 3.8) is 0 Å². The van der Waals surface area contributed by atoms with E-state index in [0.717, 1.165) is 0 Å². The van der Waals surface area contributed by atoms with Gasteiger partial charge in [0.2, 0.25) is 0 Å². The van der Waals surface area contributed by atoms with E-state index in [1.807, 2.05) is 5.32 Å². The number of aliphatic hydroxyl groups excluding tert-OH is 1. The monoisotopic (exact) mass is 212 g/mol. The molecule has 0 saturated carbocycles. The number of carbonyl (C=O) groups excluding carboxylic acids is 1. The molecule has 0 spiro atoms. The maximum Gasteiger partial charge on any atom is 0.471 e. The average Bonchev–Trinajstić information content (AvgIpc) is 2.50. The zero-order chi connectivity index (χ0) is 10.8. The molecule has 0 bridgehead atoms. The predicted molar refractivity (Wildman–Crippen MR) is 41.4 cm³/mol. The summed E-state index contributed by atoms with van der Waals surface area (Å²) < 4.78 is 35.5. The average molecular weight is 212 g/mol. The fourth-order valence-corrected chi connectivity index (χ4v) is 1.34. The molecule has 0 aromatic carbocycles. The van der Waals surface area contributed by atoms with Gasteiger partial charge in [0.1, 0.15) is 0 Å². The molecule has 4 nitrogen and oxygen atoms in total. The van der Waals surface area contributed by atoms with E-state index in [0.29, 0.717) is 6.54 Å². The number of nitrogens with one attached hydrogen (secondary N) is 2. The van der Waals surface area contributed by atoms with Gasteiger partial charge in [0.05, 0.1) is 0 Å². The highest BCUT2D eigenvalue weighted by molar-refractivity contribution is 5.82. The summed E-state index contributed by atoms with van der Waals surface area (Å²) in [5.41, 5.74) is 0. The van der Waals surface area contributed by atoms with Crippen LogP contribution in [0.25, 0.3) is 0 Å². The fraction of sp³-hybridized carbons (Fsp3) is 0.857. The Morgan fingerprint density at radius 1 is 1.50 bits per heavy atom. The van der Waals surface area contributed by atoms with E-state index in [-0.39, 0.29) is 19.1 Å². The van der Waals surface area contributed by atoms with Crippen molar-refractivity contribution >= 4 is 5.91 Å². The molecule has 82 valence electrons. The first-order chi connectivity index (χ1) is 6.45. The van der Waals surface area contributed by atoms with Crippen molar-refractivity contribution in [2.75, 3.05) is 19.7 Å². The zero-order valence-corrected chi connectivity index (χ0v) is 7.27. The van der Waals surface area contributed by atoms with Gasteiger partial charge in [-0.1, -0.05) is 0 Å². The van der Waals surface area contributed by atoms with Crippen molar-refractivity contribution in [2.24, 2.45) is 5.92 Å². The number of aliphatic hydroxyl groups is 1. The Hall–Kier alpha value is -0.820. The van der Waals surface area contributed by atoms with Crippen LogP contribution in [0.3, 0.4) is 0 Å². The third kappa shape index (κ3) is 2.58. The van der Waals surface area contributed by atoms with Crippen LogP contribution >= 0.6 is 0 Å². The number of rotatable bonds is 2. The molecule has 3 N–H and O–H groups in total. The molecular weight excluding hydrogens is 201 g/mol. The Morgan fingerprint density at radius 3 is 2.64 bits per heavy atom. The lowest BCUT2D eigenvalue weighted by molar-refractivity contribution is -0.174. The van der Waals surface area contributed by atoms with Crippen LogP contribution in [0, 0.1) is 5.92 Å². The van der Waals surface area contributed by atoms with Crippen LogP contribution in [0.5, 0.6) is 0 Å². The van der Waals surface area contributed by atoms with Crippen molar-refractivity contribution in [1.29, 1.82) is 0 Å². The number of carbonyl (C=O) groups is 1. The molecule has 1 saturated heterocycles. The van der Waals surface area contributed by atoms with Gasteiger partial charge in [-0.2, -0.15) is 13.2 Å². The van der Waals surface area contributed by atoms with Crippen molar-refractivity contribution < 1.29 is 23.1 Å². The van der Waals surface area contributed by atoms with E-state index in [2.05, 4.69) is 5.32 Å². The first-order valence-corrected chi connectivity index (χ1v) is 4.14. The highest BCUT2D eigenvalue weighted by atomic mass is 19.4. The second kappa shape index (κ2) is 4.14. The molecule has 7 heteroatoms. The predicted octanol–water partition coefficient (Wildman–Crippen LogP) is -0.755. The molecule has 0 radical (unpaired) electrons. The summed E-state index contributed by atoms with van der Waals surface area (Å²) in [6.07, 6.45) is -4.86. The summed E-state index contributed by atoms with van der Waals surface area (Å²) in [7, 11) is 0. The lowest BCUT2D eigenvalue weighted by Crippen LogP contribution is -2.47. The second-order valence-corrected chi connectivity index (χ2v) is 3.18. The lowest BCUT2D eigenvalue weighted by atomic mass is 10.1.